The monoisotopic (exact) mass is 166 g/mol. The van der Waals surface area contributed by atoms with Gasteiger partial charge >= 0.3 is 18.9 Å². The zero-order valence-electron chi connectivity index (χ0n) is 8.47. The van der Waals surface area contributed by atoms with Gasteiger partial charge in [-0.05, 0) is 13.3 Å². The van der Waals surface area contributed by atoms with Crippen molar-refractivity contribution in [2.24, 2.45) is 0 Å². The predicted octanol–water partition coefficient (Wildman–Crippen LogP) is -0.952. The molecule has 0 rings (SSSR count). The van der Waals surface area contributed by atoms with Crippen LogP contribution >= 0.6 is 0 Å². The first-order valence-electron chi connectivity index (χ1n) is 4.36. The maximum Gasteiger partial charge on any atom is 1.00 e. The molecule has 2 nitrogen and oxygen atoms in total. The second-order valence-corrected chi connectivity index (χ2v) is 2.37. The van der Waals surface area contributed by atoms with Crippen LogP contribution in [-0.4, -0.2) is 26.4 Å². The number of hydrogen-bond acceptors (Lipinski definition) is 2. The summed E-state index contributed by atoms with van der Waals surface area (Å²) in [7, 11) is 0. The molecule has 0 unspecified atom stereocenters. The molecule has 3 heteroatoms. The molecule has 0 bridgehead atoms. The maximum atomic E-state index is 5.28. The van der Waals surface area contributed by atoms with E-state index in [4.69, 9.17) is 9.47 Å². The summed E-state index contributed by atoms with van der Waals surface area (Å²) in [6.07, 6.45) is 3.29. The van der Waals surface area contributed by atoms with E-state index in [1.165, 1.54) is 0 Å². The Hall–Kier alpha value is 0.517. The second-order valence-electron chi connectivity index (χ2n) is 2.37. The van der Waals surface area contributed by atoms with Crippen molar-refractivity contribution in [1.82, 2.24) is 0 Å². The average Bonchev–Trinajstić information content (AvgIpc) is 2.03. The van der Waals surface area contributed by atoms with Gasteiger partial charge in [0.2, 0.25) is 0 Å². The van der Waals surface area contributed by atoms with E-state index in [1.807, 2.05) is 6.92 Å². The number of ether oxygens (including phenoxy) is 2. The van der Waals surface area contributed by atoms with Crippen molar-refractivity contribution in [3.63, 3.8) is 0 Å². The molecule has 0 aromatic heterocycles. The van der Waals surface area contributed by atoms with Crippen LogP contribution in [0.25, 0.3) is 0 Å². The van der Waals surface area contributed by atoms with Gasteiger partial charge < -0.3 is 16.4 Å². The van der Waals surface area contributed by atoms with E-state index in [0.717, 1.165) is 45.7 Å². The van der Waals surface area contributed by atoms with E-state index in [-0.39, 0.29) is 18.9 Å². The molecule has 0 aromatic rings. The minimum Gasteiger partial charge on any atom is -0.379 e. The third-order valence-corrected chi connectivity index (χ3v) is 1.36. The summed E-state index contributed by atoms with van der Waals surface area (Å²) in [4.78, 5) is 0. The van der Waals surface area contributed by atoms with Crippen molar-refractivity contribution in [3.05, 3.63) is 6.92 Å². The Kier molecular flexibility index (Phi) is 17.6. The SMILES string of the molecule is [CH2-]CCCCOCCOCC.[Li+]. The van der Waals surface area contributed by atoms with Crippen molar-refractivity contribution in [2.45, 2.75) is 26.2 Å². The molecule has 0 aliphatic rings. The normalized spacial score (nSPS) is 9.50. The van der Waals surface area contributed by atoms with Gasteiger partial charge in [0, 0.05) is 13.2 Å². The second kappa shape index (κ2) is 14.1. The molecule has 0 N–H and O–H groups in total. The third-order valence-electron chi connectivity index (χ3n) is 1.36. The van der Waals surface area contributed by atoms with Gasteiger partial charge in [0.05, 0.1) is 13.2 Å². The maximum absolute atomic E-state index is 5.28. The first-order chi connectivity index (χ1) is 5.41. The van der Waals surface area contributed by atoms with Crippen LogP contribution in [-0.2, 0) is 9.47 Å². The molecule has 12 heavy (non-hydrogen) atoms. The van der Waals surface area contributed by atoms with Crippen molar-refractivity contribution in [3.8, 4) is 0 Å². The zero-order valence-corrected chi connectivity index (χ0v) is 8.47. The summed E-state index contributed by atoms with van der Waals surface area (Å²) in [6.45, 7) is 8.82. The Morgan fingerprint density at radius 2 is 1.67 bits per heavy atom. The first kappa shape index (κ1) is 15.0. The standard InChI is InChI=1S/C9H19O2.Li/c1-3-5-6-7-11-9-8-10-4-2;/h1,3-9H2,2H3;/q-1;+1. The van der Waals surface area contributed by atoms with E-state index in [1.54, 1.807) is 0 Å². The van der Waals surface area contributed by atoms with Gasteiger partial charge in [-0.15, -0.1) is 0 Å². The molecule has 0 radical (unpaired) electrons. The minimum atomic E-state index is 0. The zero-order chi connectivity index (χ0) is 8.36. The molecule has 0 spiro atoms. The predicted molar refractivity (Wildman–Crippen MR) is 46.5 cm³/mol. The third kappa shape index (κ3) is 13.1. The molecule has 0 aliphatic carbocycles. The van der Waals surface area contributed by atoms with Crippen LogP contribution in [0.2, 0.25) is 0 Å². The molecule has 0 amide bonds. The van der Waals surface area contributed by atoms with E-state index >= 15 is 0 Å². The summed E-state index contributed by atoms with van der Waals surface area (Å²) in [5.41, 5.74) is 0. The average molecular weight is 166 g/mol. The van der Waals surface area contributed by atoms with Gasteiger partial charge in [0.15, 0.2) is 0 Å². The smallest absolute Gasteiger partial charge is 0.379 e. The summed E-state index contributed by atoms with van der Waals surface area (Å²) in [5.74, 6) is 0. The van der Waals surface area contributed by atoms with Gasteiger partial charge in [-0.25, -0.2) is 0 Å². The van der Waals surface area contributed by atoms with Crippen molar-refractivity contribution in [1.29, 1.82) is 0 Å². The van der Waals surface area contributed by atoms with E-state index < -0.39 is 0 Å². The number of hydrogen-bond donors (Lipinski definition) is 0. The minimum absolute atomic E-state index is 0. The largest absolute Gasteiger partial charge is 1.00 e. The van der Waals surface area contributed by atoms with Crippen LogP contribution in [0.15, 0.2) is 0 Å². The Bertz CT molecular complexity index is 61.5. The molecule has 0 atom stereocenters. The summed E-state index contributed by atoms with van der Waals surface area (Å²) in [5, 5.41) is 0. The molecule has 68 valence electrons. The van der Waals surface area contributed by atoms with E-state index in [2.05, 4.69) is 6.92 Å². The van der Waals surface area contributed by atoms with Crippen molar-refractivity contribution in [2.75, 3.05) is 26.4 Å². The Morgan fingerprint density at radius 3 is 2.25 bits per heavy atom. The van der Waals surface area contributed by atoms with Crippen LogP contribution in [0, 0.1) is 6.92 Å². The van der Waals surface area contributed by atoms with Crippen LogP contribution in [0.4, 0.5) is 0 Å². The topological polar surface area (TPSA) is 18.5 Å². The molecular weight excluding hydrogens is 147 g/mol. The fourth-order valence-electron chi connectivity index (χ4n) is 0.745. The molecule has 0 heterocycles. The molecule has 0 saturated carbocycles. The van der Waals surface area contributed by atoms with Gasteiger partial charge in [0.25, 0.3) is 0 Å². The van der Waals surface area contributed by atoms with Crippen LogP contribution in [0.3, 0.4) is 0 Å². The molecule has 0 saturated heterocycles. The fraction of sp³-hybridized carbons (Fsp3) is 0.889. The van der Waals surface area contributed by atoms with Crippen LogP contribution < -0.4 is 18.9 Å². The van der Waals surface area contributed by atoms with Crippen molar-refractivity contribution < 1.29 is 28.3 Å². The Morgan fingerprint density at radius 1 is 1.00 bits per heavy atom. The molecule has 0 aromatic carbocycles. The van der Waals surface area contributed by atoms with Gasteiger partial charge in [-0.2, -0.15) is 6.42 Å². The van der Waals surface area contributed by atoms with Crippen LogP contribution in [0.5, 0.6) is 0 Å². The summed E-state index contributed by atoms with van der Waals surface area (Å²) < 4.78 is 10.4. The summed E-state index contributed by atoms with van der Waals surface area (Å²) in [6, 6.07) is 0. The summed E-state index contributed by atoms with van der Waals surface area (Å²) >= 11 is 0. The molecular formula is C9H19LiO2. The van der Waals surface area contributed by atoms with Crippen molar-refractivity contribution >= 4 is 0 Å². The van der Waals surface area contributed by atoms with Gasteiger partial charge in [0.1, 0.15) is 0 Å². The van der Waals surface area contributed by atoms with E-state index in [9.17, 15) is 0 Å². The van der Waals surface area contributed by atoms with Crippen LogP contribution in [0.1, 0.15) is 26.2 Å². The first-order valence-corrected chi connectivity index (χ1v) is 4.36. The Balaban J connectivity index is 0. The quantitative estimate of drug-likeness (QED) is 0.263. The van der Waals surface area contributed by atoms with E-state index in [0.29, 0.717) is 0 Å². The number of unbranched alkanes of at least 4 members (excludes halogenated alkanes) is 2. The van der Waals surface area contributed by atoms with Gasteiger partial charge in [-0.1, -0.05) is 6.42 Å². The Labute approximate surface area is 88.2 Å². The molecule has 0 aliphatic heterocycles. The fourth-order valence-corrected chi connectivity index (χ4v) is 0.745. The van der Waals surface area contributed by atoms with Gasteiger partial charge in [-0.3, -0.25) is 0 Å². The number of rotatable bonds is 8. The molecule has 0 fully saturated rings.